The van der Waals surface area contributed by atoms with Crippen molar-refractivity contribution in [3.63, 3.8) is 0 Å². The second-order valence-electron chi connectivity index (χ2n) is 4.28. The Labute approximate surface area is 94.7 Å². The van der Waals surface area contributed by atoms with E-state index in [0.29, 0.717) is 5.56 Å². The summed E-state index contributed by atoms with van der Waals surface area (Å²) < 4.78 is 1.65. The van der Waals surface area contributed by atoms with Crippen molar-refractivity contribution in [1.82, 2.24) is 14.7 Å². The number of aromatic nitrogens is 2. The van der Waals surface area contributed by atoms with Crippen molar-refractivity contribution in [2.45, 2.75) is 25.8 Å². The predicted molar refractivity (Wildman–Crippen MR) is 59.1 cm³/mol. The Morgan fingerprint density at radius 2 is 2.44 bits per heavy atom. The molecule has 0 spiro atoms. The third-order valence-electron chi connectivity index (χ3n) is 3.09. The molecule has 2 heterocycles. The number of carbonyl (C=O) groups is 1. The summed E-state index contributed by atoms with van der Waals surface area (Å²) in [5, 5.41) is 13.4. The van der Waals surface area contributed by atoms with Gasteiger partial charge in [0.15, 0.2) is 0 Å². The van der Waals surface area contributed by atoms with Crippen LogP contribution in [0, 0.1) is 6.92 Å². The van der Waals surface area contributed by atoms with Gasteiger partial charge in [0, 0.05) is 19.8 Å². The summed E-state index contributed by atoms with van der Waals surface area (Å²) in [5.41, 5.74) is 1.39. The number of hydrogen-bond acceptors (Lipinski definition) is 3. The molecule has 1 fully saturated rings. The van der Waals surface area contributed by atoms with Crippen LogP contribution in [0.4, 0.5) is 0 Å². The molecule has 2 rings (SSSR count). The molecule has 0 aromatic carbocycles. The molecule has 0 aliphatic carbocycles. The number of aryl methyl sites for hydroxylation is 2. The maximum Gasteiger partial charge on any atom is 0.257 e. The summed E-state index contributed by atoms with van der Waals surface area (Å²) in [5.74, 6) is -0.0119. The van der Waals surface area contributed by atoms with Crippen LogP contribution in [0.25, 0.3) is 0 Å². The van der Waals surface area contributed by atoms with Gasteiger partial charge in [-0.1, -0.05) is 0 Å². The Hall–Kier alpha value is -1.36. The number of nitrogens with zero attached hydrogens (tertiary/aromatic N) is 3. The van der Waals surface area contributed by atoms with E-state index >= 15 is 0 Å². The largest absolute Gasteiger partial charge is 0.394 e. The molecule has 1 atom stereocenters. The molecule has 88 valence electrons. The van der Waals surface area contributed by atoms with E-state index in [2.05, 4.69) is 5.10 Å². The maximum absolute atomic E-state index is 12.2. The molecule has 0 radical (unpaired) electrons. The second-order valence-corrected chi connectivity index (χ2v) is 4.28. The van der Waals surface area contributed by atoms with Crippen LogP contribution in [0.2, 0.25) is 0 Å². The molecule has 5 nitrogen and oxygen atoms in total. The first kappa shape index (κ1) is 11.1. The number of rotatable bonds is 2. The van der Waals surface area contributed by atoms with E-state index in [9.17, 15) is 9.90 Å². The molecule has 1 aliphatic rings. The monoisotopic (exact) mass is 223 g/mol. The van der Waals surface area contributed by atoms with Crippen molar-refractivity contribution in [3.05, 3.63) is 17.5 Å². The molecular weight excluding hydrogens is 206 g/mol. The van der Waals surface area contributed by atoms with Crippen molar-refractivity contribution in [3.8, 4) is 0 Å². The van der Waals surface area contributed by atoms with Crippen LogP contribution in [0.1, 0.15) is 28.9 Å². The van der Waals surface area contributed by atoms with Crippen molar-refractivity contribution in [2.75, 3.05) is 13.2 Å². The van der Waals surface area contributed by atoms with Gasteiger partial charge < -0.3 is 10.0 Å². The molecule has 1 N–H and O–H groups in total. The first-order valence-electron chi connectivity index (χ1n) is 5.55. The van der Waals surface area contributed by atoms with Crippen LogP contribution in [-0.2, 0) is 7.05 Å². The lowest BCUT2D eigenvalue weighted by molar-refractivity contribution is 0.0677. The fourth-order valence-electron chi connectivity index (χ4n) is 2.26. The van der Waals surface area contributed by atoms with E-state index in [-0.39, 0.29) is 18.6 Å². The molecular formula is C11H17N3O2. The molecule has 1 amide bonds. The average Bonchev–Trinajstić information content (AvgIpc) is 2.83. The van der Waals surface area contributed by atoms with Crippen molar-refractivity contribution < 1.29 is 9.90 Å². The molecule has 1 saturated heterocycles. The van der Waals surface area contributed by atoms with Crippen LogP contribution in [0.5, 0.6) is 0 Å². The molecule has 0 saturated carbocycles. The maximum atomic E-state index is 12.2. The normalized spacial score (nSPS) is 20.4. The fraction of sp³-hybridized carbons (Fsp3) is 0.636. The van der Waals surface area contributed by atoms with Gasteiger partial charge in [-0.15, -0.1) is 0 Å². The highest BCUT2D eigenvalue weighted by Gasteiger charge is 2.30. The molecule has 1 unspecified atom stereocenters. The number of aliphatic hydroxyl groups is 1. The van der Waals surface area contributed by atoms with Gasteiger partial charge in [0.1, 0.15) is 0 Å². The van der Waals surface area contributed by atoms with E-state index in [1.807, 2.05) is 6.92 Å². The minimum atomic E-state index is -0.0212. The lowest BCUT2D eigenvalue weighted by Gasteiger charge is -2.22. The molecule has 1 aliphatic heterocycles. The zero-order valence-corrected chi connectivity index (χ0v) is 9.68. The lowest BCUT2D eigenvalue weighted by Crippen LogP contribution is -2.37. The topological polar surface area (TPSA) is 58.4 Å². The summed E-state index contributed by atoms with van der Waals surface area (Å²) in [6.45, 7) is 2.61. The summed E-state index contributed by atoms with van der Waals surface area (Å²) in [6.07, 6.45) is 3.60. The van der Waals surface area contributed by atoms with Gasteiger partial charge >= 0.3 is 0 Å². The van der Waals surface area contributed by atoms with E-state index < -0.39 is 0 Å². The minimum absolute atomic E-state index is 0.0119. The SMILES string of the molecule is Cc1nn(C)cc1C(=O)N1CCCC1CO. The number of amides is 1. The molecule has 1 aromatic rings. The zero-order valence-electron chi connectivity index (χ0n) is 9.68. The van der Waals surface area contributed by atoms with Gasteiger partial charge in [0.05, 0.1) is 23.9 Å². The first-order chi connectivity index (χ1) is 7.63. The van der Waals surface area contributed by atoms with Crippen LogP contribution < -0.4 is 0 Å². The van der Waals surface area contributed by atoms with Crippen molar-refractivity contribution in [1.29, 1.82) is 0 Å². The van der Waals surface area contributed by atoms with E-state index in [0.717, 1.165) is 25.1 Å². The predicted octanol–water partition coefficient (Wildman–Crippen LogP) is 0.325. The third kappa shape index (κ3) is 1.82. The highest BCUT2D eigenvalue weighted by molar-refractivity contribution is 5.95. The highest BCUT2D eigenvalue weighted by Crippen LogP contribution is 2.20. The van der Waals surface area contributed by atoms with Crippen LogP contribution >= 0.6 is 0 Å². The number of aliphatic hydroxyl groups excluding tert-OH is 1. The zero-order chi connectivity index (χ0) is 11.7. The van der Waals surface area contributed by atoms with E-state index in [1.54, 1.807) is 22.8 Å². The van der Waals surface area contributed by atoms with Gasteiger partial charge in [-0.3, -0.25) is 9.48 Å². The Morgan fingerprint density at radius 3 is 3.00 bits per heavy atom. The van der Waals surface area contributed by atoms with Crippen LogP contribution in [-0.4, -0.2) is 44.9 Å². The summed E-state index contributed by atoms with van der Waals surface area (Å²) in [4.78, 5) is 14.0. The smallest absolute Gasteiger partial charge is 0.257 e. The van der Waals surface area contributed by atoms with Gasteiger partial charge in [0.25, 0.3) is 5.91 Å². The van der Waals surface area contributed by atoms with Gasteiger partial charge in [-0.25, -0.2) is 0 Å². The molecule has 16 heavy (non-hydrogen) atoms. The molecule has 0 bridgehead atoms. The van der Waals surface area contributed by atoms with Crippen LogP contribution in [0.3, 0.4) is 0 Å². The second kappa shape index (κ2) is 4.25. The third-order valence-corrected chi connectivity index (χ3v) is 3.09. The van der Waals surface area contributed by atoms with E-state index in [1.165, 1.54) is 0 Å². The van der Waals surface area contributed by atoms with E-state index in [4.69, 9.17) is 0 Å². The molecule has 1 aromatic heterocycles. The van der Waals surface area contributed by atoms with Crippen molar-refractivity contribution in [2.24, 2.45) is 7.05 Å². The number of carbonyl (C=O) groups excluding carboxylic acids is 1. The van der Waals surface area contributed by atoms with Gasteiger partial charge in [-0.2, -0.15) is 5.10 Å². The summed E-state index contributed by atoms with van der Waals surface area (Å²) >= 11 is 0. The summed E-state index contributed by atoms with van der Waals surface area (Å²) in [6, 6.07) is -0.0212. The molecule has 5 heteroatoms. The number of hydrogen-bond donors (Lipinski definition) is 1. The lowest BCUT2D eigenvalue weighted by atomic mass is 10.2. The van der Waals surface area contributed by atoms with Gasteiger partial charge in [-0.05, 0) is 19.8 Å². The minimum Gasteiger partial charge on any atom is -0.394 e. The first-order valence-corrected chi connectivity index (χ1v) is 5.55. The van der Waals surface area contributed by atoms with Crippen molar-refractivity contribution >= 4 is 5.91 Å². The Kier molecular flexibility index (Phi) is 2.96. The number of likely N-dealkylation sites (tertiary alicyclic amines) is 1. The fourth-order valence-corrected chi connectivity index (χ4v) is 2.26. The quantitative estimate of drug-likeness (QED) is 0.785. The Balaban J connectivity index is 2.21. The summed E-state index contributed by atoms with van der Waals surface area (Å²) in [7, 11) is 1.80. The Bertz CT molecular complexity index is 400. The standard InChI is InChI=1S/C11H17N3O2/c1-8-10(6-13(2)12-8)11(16)14-5-3-4-9(14)7-15/h6,9,15H,3-5,7H2,1-2H3. The highest BCUT2D eigenvalue weighted by atomic mass is 16.3. The van der Waals surface area contributed by atoms with Gasteiger partial charge in [0.2, 0.25) is 0 Å². The Morgan fingerprint density at radius 1 is 1.69 bits per heavy atom. The van der Waals surface area contributed by atoms with Crippen LogP contribution in [0.15, 0.2) is 6.20 Å². The average molecular weight is 223 g/mol.